The van der Waals surface area contributed by atoms with Crippen LogP contribution in [0.15, 0.2) is 36.7 Å². The molecular weight excluding hydrogens is 214 g/mol. The van der Waals surface area contributed by atoms with Crippen LogP contribution >= 0.6 is 0 Å². The van der Waals surface area contributed by atoms with E-state index >= 15 is 0 Å². The zero-order valence-electron chi connectivity index (χ0n) is 9.97. The number of nitrogens with zero attached hydrogens (tertiary/aromatic N) is 1. The van der Waals surface area contributed by atoms with Crippen molar-refractivity contribution in [1.82, 2.24) is 4.98 Å². The second-order valence-corrected chi connectivity index (χ2v) is 3.84. The Hall–Kier alpha value is -2.03. The summed E-state index contributed by atoms with van der Waals surface area (Å²) in [7, 11) is 0. The van der Waals surface area contributed by atoms with Crippen molar-refractivity contribution in [1.29, 1.82) is 0 Å². The van der Waals surface area contributed by atoms with Gasteiger partial charge in [0.2, 0.25) is 0 Å². The monoisotopic (exact) mass is 229 g/mol. The van der Waals surface area contributed by atoms with E-state index in [1.54, 1.807) is 24.5 Å². The minimum Gasteiger partial charge on any atom is -0.508 e. The Morgan fingerprint density at radius 1 is 1.24 bits per heavy atom. The van der Waals surface area contributed by atoms with E-state index in [1.165, 1.54) is 0 Å². The average Bonchev–Trinajstić information content (AvgIpc) is 2.29. The molecule has 1 heterocycles. The van der Waals surface area contributed by atoms with Gasteiger partial charge in [0.05, 0.1) is 12.8 Å². The molecule has 0 radical (unpaired) electrons. The second-order valence-electron chi connectivity index (χ2n) is 3.84. The molecule has 3 nitrogen and oxygen atoms in total. The molecule has 1 aromatic carbocycles. The van der Waals surface area contributed by atoms with Gasteiger partial charge in [0.15, 0.2) is 0 Å². The van der Waals surface area contributed by atoms with Gasteiger partial charge in [0.1, 0.15) is 11.5 Å². The van der Waals surface area contributed by atoms with Crippen LogP contribution in [0.4, 0.5) is 0 Å². The van der Waals surface area contributed by atoms with E-state index in [1.807, 2.05) is 26.0 Å². The lowest BCUT2D eigenvalue weighted by Crippen LogP contribution is -1.93. The van der Waals surface area contributed by atoms with Crippen LogP contribution in [0.1, 0.15) is 12.5 Å². The molecule has 2 rings (SSSR count). The first-order valence-corrected chi connectivity index (χ1v) is 5.58. The highest BCUT2D eigenvalue weighted by Crippen LogP contribution is 2.27. The first-order valence-electron chi connectivity index (χ1n) is 5.58. The third-order valence-corrected chi connectivity index (χ3v) is 2.55. The summed E-state index contributed by atoms with van der Waals surface area (Å²) in [6, 6.07) is 7.26. The maximum absolute atomic E-state index is 9.38. The number of phenols is 1. The van der Waals surface area contributed by atoms with Crippen LogP contribution in [-0.2, 0) is 0 Å². The predicted molar refractivity (Wildman–Crippen MR) is 67.2 cm³/mol. The van der Waals surface area contributed by atoms with E-state index in [9.17, 15) is 5.11 Å². The summed E-state index contributed by atoms with van der Waals surface area (Å²) in [6.07, 6.45) is 3.49. The molecule has 0 bridgehead atoms. The quantitative estimate of drug-likeness (QED) is 0.879. The normalized spacial score (nSPS) is 10.2. The highest BCUT2D eigenvalue weighted by atomic mass is 16.5. The lowest BCUT2D eigenvalue weighted by molar-refractivity contribution is 0.339. The Morgan fingerprint density at radius 3 is 2.76 bits per heavy atom. The summed E-state index contributed by atoms with van der Waals surface area (Å²) in [4.78, 5) is 4.16. The summed E-state index contributed by atoms with van der Waals surface area (Å²) in [6.45, 7) is 4.53. The van der Waals surface area contributed by atoms with Crippen LogP contribution in [0.2, 0.25) is 0 Å². The van der Waals surface area contributed by atoms with E-state index < -0.39 is 0 Å². The Kier molecular flexibility index (Phi) is 3.28. The van der Waals surface area contributed by atoms with Crippen LogP contribution in [0.25, 0.3) is 11.1 Å². The van der Waals surface area contributed by atoms with E-state index in [4.69, 9.17) is 4.74 Å². The van der Waals surface area contributed by atoms with Crippen molar-refractivity contribution in [3.05, 3.63) is 42.2 Å². The largest absolute Gasteiger partial charge is 0.508 e. The highest BCUT2D eigenvalue weighted by molar-refractivity contribution is 5.68. The number of aromatic hydroxyl groups is 1. The molecule has 0 amide bonds. The van der Waals surface area contributed by atoms with Gasteiger partial charge in [-0.3, -0.25) is 4.98 Å². The fourth-order valence-corrected chi connectivity index (χ4v) is 1.78. The number of hydrogen-bond acceptors (Lipinski definition) is 3. The first-order chi connectivity index (χ1) is 8.20. The standard InChI is InChI=1S/C14H15NO2/c1-3-17-13-7-11(8-15-9-13)14-5-4-12(16)6-10(14)2/h4-9,16H,3H2,1-2H3. The molecule has 0 aliphatic carbocycles. The van der Waals surface area contributed by atoms with Crippen LogP contribution in [0.3, 0.4) is 0 Å². The number of rotatable bonds is 3. The summed E-state index contributed by atoms with van der Waals surface area (Å²) in [5.41, 5.74) is 3.06. The molecule has 0 spiro atoms. The van der Waals surface area contributed by atoms with Crippen LogP contribution in [0, 0.1) is 6.92 Å². The van der Waals surface area contributed by atoms with Gasteiger partial charge in [-0.15, -0.1) is 0 Å². The highest BCUT2D eigenvalue weighted by Gasteiger charge is 2.04. The summed E-state index contributed by atoms with van der Waals surface area (Å²) >= 11 is 0. The first kappa shape index (κ1) is 11.5. The summed E-state index contributed by atoms with van der Waals surface area (Å²) in [5, 5.41) is 9.38. The van der Waals surface area contributed by atoms with Crippen molar-refractivity contribution in [2.75, 3.05) is 6.61 Å². The van der Waals surface area contributed by atoms with Gasteiger partial charge >= 0.3 is 0 Å². The lowest BCUT2D eigenvalue weighted by Gasteiger charge is -2.08. The molecular formula is C14H15NO2. The number of pyridine rings is 1. The van der Waals surface area contributed by atoms with Crippen molar-refractivity contribution >= 4 is 0 Å². The molecule has 0 aliphatic heterocycles. The smallest absolute Gasteiger partial charge is 0.138 e. The minimum absolute atomic E-state index is 0.278. The fraction of sp³-hybridized carbons (Fsp3) is 0.214. The van der Waals surface area contributed by atoms with Crippen molar-refractivity contribution in [3.63, 3.8) is 0 Å². The van der Waals surface area contributed by atoms with E-state index in [0.29, 0.717) is 6.61 Å². The van der Waals surface area contributed by atoms with Gasteiger partial charge in [-0.05, 0) is 43.2 Å². The lowest BCUT2D eigenvalue weighted by atomic mass is 10.0. The Balaban J connectivity index is 2.42. The molecule has 88 valence electrons. The summed E-state index contributed by atoms with van der Waals surface area (Å²) < 4.78 is 5.42. The maximum atomic E-state index is 9.38. The van der Waals surface area contributed by atoms with E-state index in [0.717, 1.165) is 22.4 Å². The third kappa shape index (κ3) is 2.56. The molecule has 17 heavy (non-hydrogen) atoms. The predicted octanol–water partition coefficient (Wildman–Crippen LogP) is 3.16. The molecule has 0 fully saturated rings. The molecule has 1 N–H and O–H groups in total. The number of phenolic OH excluding ortho intramolecular Hbond substituents is 1. The fourth-order valence-electron chi connectivity index (χ4n) is 1.78. The molecule has 0 aliphatic rings. The van der Waals surface area contributed by atoms with Gasteiger partial charge in [-0.2, -0.15) is 0 Å². The SMILES string of the molecule is CCOc1cncc(-c2ccc(O)cc2C)c1. The van der Waals surface area contributed by atoms with Crippen molar-refractivity contribution in [3.8, 4) is 22.6 Å². The molecule has 0 saturated carbocycles. The zero-order valence-corrected chi connectivity index (χ0v) is 9.97. The number of aromatic nitrogens is 1. The number of ether oxygens (including phenoxy) is 1. The summed E-state index contributed by atoms with van der Waals surface area (Å²) in [5.74, 6) is 1.04. The van der Waals surface area contributed by atoms with Crippen molar-refractivity contribution < 1.29 is 9.84 Å². The molecule has 0 saturated heterocycles. The molecule has 0 atom stereocenters. The van der Waals surface area contributed by atoms with Crippen LogP contribution < -0.4 is 4.74 Å². The zero-order chi connectivity index (χ0) is 12.3. The Labute approximate surface area is 101 Å². The third-order valence-electron chi connectivity index (χ3n) is 2.55. The van der Waals surface area contributed by atoms with Gasteiger partial charge in [-0.1, -0.05) is 6.07 Å². The maximum Gasteiger partial charge on any atom is 0.138 e. The topological polar surface area (TPSA) is 42.4 Å². The molecule has 2 aromatic rings. The molecule has 3 heteroatoms. The van der Waals surface area contributed by atoms with Gasteiger partial charge in [-0.25, -0.2) is 0 Å². The van der Waals surface area contributed by atoms with Gasteiger partial charge in [0, 0.05) is 11.8 Å². The Bertz CT molecular complexity index is 523. The average molecular weight is 229 g/mol. The van der Waals surface area contributed by atoms with E-state index in [2.05, 4.69) is 4.98 Å². The number of aryl methyl sites for hydroxylation is 1. The van der Waals surface area contributed by atoms with E-state index in [-0.39, 0.29) is 5.75 Å². The minimum atomic E-state index is 0.278. The molecule has 1 aromatic heterocycles. The Morgan fingerprint density at radius 2 is 2.06 bits per heavy atom. The van der Waals surface area contributed by atoms with Crippen molar-refractivity contribution in [2.45, 2.75) is 13.8 Å². The number of hydrogen-bond donors (Lipinski definition) is 1. The van der Waals surface area contributed by atoms with Crippen LogP contribution in [-0.4, -0.2) is 16.7 Å². The molecule has 0 unspecified atom stereocenters. The second kappa shape index (κ2) is 4.87. The van der Waals surface area contributed by atoms with Crippen LogP contribution in [0.5, 0.6) is 11.5 Å². The number of benzene rings is 1. The van der Waals surface area contributed by atoms with Gasteiger partial charge < -0.3 is 9.84 Å². The van der Waals surface area contributed by atoms with Crippen molar-refractivity contribution in [2.24, 2.45) is 0 Å². The van der Waals surface area contributed by atoms with Gasteiger partial charge in [0.25, 0.3) is 0 Å².